The molecule has 0 aromatic heterocycles. The van der Waals surface area contributed by atoms with Crippen LogP contribution in [0.2, 0.25) is 0 Å². The van der Waals surface area contributed by atoms with Crippen LogP contribution in [0.4, 0.5) is 11.4 Å². The van der Waals surface area contributed by atoms with Gasteiger partial charge in [0, 0.05) is 25.2 Å². The summed E-state index contributed by atoms with van der Waals surface area (Å²) in [5, 5.41) is 21.3. The van der Waals surface area contributed by atoms with Gasteiger partial charge in [-0.25, -0.2) is 0 Å². The summed E-state index contributed by atoms with van der Waals surface area (Å²) in [6.07, 6.45) is 1.42. The zero-order valence-electron chi connectivity index (χ0n) is 12.3. The van der Waals surface area contributed by atoms with E-state index < -0.39 is 6.10 Å². The minimum absolute atomic E-state index is 0.262. The number of quaternary nitrogens is 1. The van der Waals surface area contributed by atoms with Gasteiger partial charge in [0.05, 0.1) is 17.8 Å². The number of hydrogen-bond donors (Lipinski definition) is 2. The van der Waals surface area contributed by atoms with Crippen molar-refractivity contribution in [3.63, 3.8) is 0 Å². The highest BCUT2D eigenvalue weighted by Gasteiger charge is 2.00. The average Bonchev–Trinajstić information content (AvgIpc) is 2.50. The Kier molecular flexibility index (Phi) is 9.09. The Bertz CT molecular complexity index is 451. The fraction of sp³-hybridized carbons (Fsp3) is 0.429. The first-order chi connectivity index (χ1) is 10.1. The van der Waals surface area contributed by atoms with E-state index in [1.54, 1.807) is 11.8 Å². The predicted molar refractivity (Wildman–Crippen MR) is 90.4 cm³/mol. The first kappa shape index (κ1) is 18.0. The van der Waals surface area contributed by atoms with Gasteiger partial charge in [0.25, 0.3) is 0 Å². The second-order valence-corrected chi connectivity index (χ2v) is 5.73. The molecule has 0 amide bonds. The Balaban J connectivity index is 2.21. The quantitative estimate of drug-likeness (QED) is 0.414. The molecule has 7 heteroatoms. The van der Waals surface area contributed by atoms with Crippen molar-refractivity contribution in [2.75, 3.05) is 37.3 Å². The molecule has 0 radical (unpaired) electrons. The van der Waals surface area contributed by atoms with Gasteiger partial charge < -0.3 is 15.3 Å². The number of halogens is 1. The topological polar surface area (TPSA) is 64.8 Å². The van der Waals surface area contributed by atoms with Crippen LogP contribution in [0.1, 0.15) is 0 Å². The predicted octanol–water partition coefficient (Wildman–Crippen LogP) is 2.16. The van der Waals surface area contributed by atoms with Gasteiger partial charge in [-0.2, -0.15) is 10.2 Å². The molecule has 0 heterocycles. The van der Waals surface area contributed by atoms with Gasteiger partial charge in [-0.1, -0.05) is 0 Å². The molecular weight excluding hydrogens is 308 g/mol. The third-order valence-electron chi connectivity index (χ3n) is 2.58. The molecule has 0 aliphatic heterocycles. The zero-order valence-corrected chi connectivity index (χ0v) is 13.9. The van der Waals surface area contributed by atoms with Crippen molar-refractivity contribution in [3.8, 4) is 0 Å². The van der Waals surface area contributed by atoms with E-state index in [-0.39, 0.29) is 5.88 Å². The van der Waals surface area contributed by atoms with Crippen LogP contribution in [-0.4, -0.2) is 43.6 Å². The van der Waals surface area contributed by atoms with Crippen LogP contribution >= 0.6 is 23.4 Å². The molecule has 0 aliphatic carbocycles. The first-order valence-electron chi connectivity index (χ1n) is 6.62. The summed E-state index contributed by atoms with van der Waals surface area (Å²) < 4.78 is 0. The van der Waals surface area contributed by atoms with Crippen molar-refractivity contribution >= 4 is 34.7 Å². The van der Waals surface area contributed by atoms with Crippen molar-refractivity contribution < 1.29 is 10.4 Å². The maximum absolute atomic E-state index is 9.24. The Morgan fingerprint density at radius 1 is 1.38 bits per heavy atom. The normalized spacial score (nSPS) is 13.1. The molecule has 0 spiro atoms. The van der Waals surface area contributed by atoms with E-state index in [1.165, 1.54) is 0 Å². The SMILES string of the molecule is CN(C)c1ccc(N=NCS/C=C\[NH2+]CC(O)CCl)cc1. The summed E-state index contributed by atoms with van der Waals surface area (Å²) in [4.78, 5) is 2.04. The second-order valence-electron chi connectivity index (χ2n) is 4.56. The zero-order chi connectivity index (χ0) is 15.5. The number of aliphatic hydroxyl groups is 1. The van der Waals surface area contributed by atoms with Gasteiger partial charge in [0.1, 0.15) is 18.5 Å². The van der Waals surface area contributed by atoms with Gasteiger partial charge in [0.15, 0.2) is 0 Å². The number of alkyl halides is 1. The lowest BCUT2D eigenvalue weighted by Gasteiger charge is -2.11. The third kappa shape index (κ3) is 8.06. The standard InChI is InChI=1S/C14H21ClN4OS/c1-19(2)13-5-3-12(4-6-13)18-17-11-21-8-7-16-10-14(20)9-15/h3-8,14,16,20H,9-11H2,1-2H3/p+1/b8-7-,18-17?. The Morgan fingerprint density at radius 2 is 2.10 bits per heavy atom. The molecule has 21 heavy (non-hydrogen) atoms. The summed E-state index contributed by atoms with van der Waals surface area (Å²) in [5.41, 5.74) is 1.99. The lowest BCUT2D eigenvalue weighted by molar-refractivity contribution is -0.594. The van der Waals surface area contributed by atoms with Crippen LogP contribution in [-0.2, 0) is 0 Å². The maximum atomic E-state index is 9.24. The van der Waals surface area contributed by atoms with Crippen molar-refractivity contribution in [1.82, 2.24) is 0 Å². The highest BCUT2D eigenvalue weighted by Crippen LogP contribution is 2.18. The van der Waals surface area contributed by atoms with E-state index in [2.05, 4.69) is 10.2 Å². The molecule has 3 N–H and O–H groups in total. The molecular formula is C14H22ClN4OS+. The molecule has 0 aliphatic rings. The fourth-order valence-corrected chi connectivity index (χ4v) is 1.97. The fourth-order valence-electron chi connectivity index (χ4n) is 1.41. The van der Waals surface area contributed by atoms with Gasteiger partial charge in [-0.15, -0.1) is 23.4 Å². The number of nitrogens with zero attached hydrogens (tertiary/aromatic N) is 3. The molecule has 0 bridgehead atoms. The first-order valence-corrected chi connectivity index (χ1v) is 8.20. The Labute approximate surface area is 135 Å². The van der Waals surface area contributed by atoms with Crippen LogP contribution in [0.25, 0.3) is 0 Å². The monoisotopic (exact) mass is 329 g/mol. The van der Waals surface area contributed by atoms with E-state index in [9.17, 15) is 5.11 Å². The minimum Gasteiger partial charge on any atom is -0.386 e. The van der Waals surface area contributed by atoms with Crippen LogP contribution in [0.5, 0.6) is 0 Å². The highest BCUT2D eigenvalue weighted by atomic mass is 35.5. The molecule has 0 fully saturated rings. The molecule has 1 atom stereocenters. The van der Waals surface area contributed by atoms with E-state index in [0.717, 1.165) is 11.4 Å². The van der Waals surface area contributed by atoms with Gasteiger partial charge >= 0.3 is 0 Å². The third-order valence-corrected chi connectivity index (χ3v) is 3.55. The van der Waals surface area contributed by atoms with Crippen LogP contribution in [0, 0.1) is 0 Å². The number of hydrogen-bond acceptors (Lipinski definition) is 5. The smallest absolute Gasteiger partial charge is 0.117 e. The van der Waals surface area contributed by atoms with Crippen LogP contribution in [0.3, 0.4) is 0 Å². The molecule has 1 aromatic carbocycles. The summed E-state index contributed by atoms with van der Waals surface area (Å²) in [7, 11) is 4.01. The number of anilines is 1. The van der Waals surface area contributed by atoms with Gasteiger partial charge in [-0.05, 0) is 24.3 Å². The second kappa shape index (κ2) is 10.6. The average molecular weight is 330 g/mol. The Morgan fingerprint density at radius 3 is 2.71 bits per heavy atom. The van der Waals surface area contributed by atoms with E-state index >= 15 is 0 Å². The van der Waals surface area contributed by atoms with Crippen molar-refractivity contribution in [2.24, 2.45) is 10.2 Å². The maximum Gasteiger partial charge on any atom is 0.117 e. The van der Waals surface area contributed by atoms with Crippen molar-refractivity contribution in [1.29, 1.82) is 0 Å². The molecule has 0 saturated carbocycles. The van der Waals surface area contributed by atoms with Crippen LogP contribution < -0.4 is 10.2 Å². The number of benzene rings is 1. The number of rotatable bonds is 9. The van der Waals surface area contributed by atoms with Crippen LogP contribution in [0.15, 0.2) is 46.1 Å². The molecule has 116 valence electrons. The van der Waals surface area contributed by atoms with E-state index in [1.807, 2.05) is 60.2 Å². The number of azo groups is 1. The van der Waals surface area contributed by atoms with Crippen molar-refractivity contribution in [2.45, 2.75) is 6.10 Å². The summed E-state index contributed by atoms with van der Waals surface area (Å²) in [5.74, 6) is 0.830. The molecule has 1 rings (SSSR count). The summed E-state index contributed by atoms with van der Waals surface area (Å²) in [6, 6.07) is 7.92. The van der Waals surface area contributed by atoms with E-state index in [4.69, 9.17) is 11.6 Å². The lowest BCUT2D eigenvalue weighted by atomic mass is 10.3. The van der Waals surface area contributed by atoms with Gasteiger partial charge in [-0.3, -0.25) is 0 Å². The molecule has 1 unspecified atom stereocenters. The minimum atomic E-state index is -0.467. The molecule has 1 aromatic rings. The summed E-state index contributed by atoms with van der Waals surface area (Å²) >= 11 is 7.03. The van der Waals surface area contributed by atoms with Crippen molar-refractivity contribution in [3.05, 3.63) is 35.9 Å². The molecule has 0 saturated heterocycles. The highest BCUT2D eigenvalue weighted by molar-refractivity contribution is 8.02. The largest absolute Gasteiger partial charge is 0.386 e. The number of aliphatic hydroxyl groups excluding tert-OH is 1. The van der Waals surface area contributed by atoms with Gasteiger partial charge in [0.2, 0.25) is 0 Å². The number of nitrogens with two attached hydrogens (primary N) is 1. The number of thioether (sulfide) groups is 1. The van der Waals surface area contributed by atoms with E-state index in [0.29, 0.717) is 12.4 Å². The lowest BCUT2D eigenvalue weighted by Crippen LogP contribution is -2.80. The molecule has 5 nitrogen and oxygen atoms in total. The Hall–Kier alpha value is -1.08. The summed E-state index contributed by atoms with van der Waals surface area (Å²) in [6.45, 7) is 0.570.